The Labute approximate surface area is 122 Å². The minimum absolute atomic E-state index is 0.114. The Morgan fingerprint density at radius 2 is 2.25 bits per heavy atom. The van der Waals surface area contributed by atoms with E-state index in [4.69, 9.17) is 5.73 Å². The van der Waals surface area contributed by atoms with Crippen LogP contribution in [0.1, 0.15) is 25.8 Å². The molecule has 0 bridgehead atoms. The van der Waals surface area contributed by atoms with Gasteiger partial charge in [-0.2, -0.15) is 0 Å². The highest BCUT2D eigenvalue weighted by Gasteiger charge is 2.09. The van der Waals surface area contributed by atoms with E-state index >= 15 is 0 Å². The van der Waals surface area contributed by atoms with Crippen LogP contribution in [-0.4, -0.2) is 17.4 Å². The van der Waals surface area contributed by atoms with Gasteiger partial charge in [0.05, 0.1) is 17.7 Å². The van der Waals surface area contributed by atoms with Gasteiger partial charge < -0.3 is 11.1 Å². The molecule has 5 heteroatoms. The second kappa shape index (κ2) is 6.85. The molecular formula is C15H15N3OS. The number of carbonyl (C=O) groups excluding carboxylic acids is 1. The molecule has 2 aromatic rings. The Kier molecular flexibility index (Phi) is 4.88. The van der Waals surface area contributed by atoms with Gasteiger partial charge in [-0.1, -0.05) is 30.0 Å². The first kappa shape index (κ1) is 14.3. The van der Waals surface area contributed by atoms with E-state index in [-0.39, 0.29) is 5.91 Å². The maximum atomic E-state index is 12.0. The van der Waals surface area contributed by atoms with Crippen molar-refractivity contribution < 1.29 is 4.79 Å². The van der Waals surface area contributed by atoms with E-state index in [1.165, 1.54) is 11.3 Å². The van der Waals surface area contributed by atoms with E-state index in [9.17, 15) is 4.79 Å². The van der Waals surface area contributed by atoms with Crippen LogP contribution in [0.25, 0.3) is 0 Å². The van der Waals surface area contributed by atoms with Gasteiger partial charge in [0.1, 0.15) is 4.88 Å². The summed E-state index contributed by atoms with van der Waals surface area (Å²) in [4.78, 5) is 16.7. The minimum atomic E-state index is -0.114. The largest absolute Gasteiger partial charge is 0.347 e. The summed E-state index contributed by atoms with van der Waals surface area (Å²) in [6, 6.07) is 7.70. The zero-order valence-electron chi connectivity index (χ0n) is 11.1. The topological polar surface area (TPSA) is 68.0 Å². The highest BCUT2D eigenvalue weighted by atomic mass is 32.1. The highest BCUT2D eigenvalue weighted by molar-refractivity contribution is 7.13. The number of aryl methyl sites for hydroxylation is 1. The molecule has 1 amide bonds. The quantitative estimate of drug-likeness (QED) is 0.843. The van der Waals surface area contributed by atoms with E-state index in [2.05, 4.69) is 22.1 Å². The summed E-state index contributed by atoms with van der Waals surface area (Å²) in [6.07, 6.45) is 1.59. The second-order valence-electron chi connectivity index (χ2n) is 4.09. The van der Waals surface area contributed by atoms with Crippen molar-refractivity contribution in [2.45, 2.75) is 13.5 Å². The molecule has 0 atom stereocenters. The number of thiazole rings is 1. The zero-order valence-corrected chi connectivity index (χ0v) is 12.0. The van der Waals surface area contributed by atoms with Crippen LogP contribution in [0, 0.1) is 18.8 Å². The summed E-state index contributed by atoms with van der Waals surface area (Å²) in [5, 5.41) is 3.76. The van der Waals surface area contributed by atoms with Crippen LogP contribution in [0.15, 0.2) is 30.5 Å². The Morgan fingerprint density at radius 3 is 2.95 bits per heavy atom. The lowest BCUT2D eigenvalue weighted by molar-refractivity contribution is 0.0955. The molecule has 0 aliphatic heterocycles. The first-order valence-electron chi connectivity index (χ1n) is 6.18. The van der Waals surface area contributed by atoms with E-state index in [1.807, 2.05) is 31.2 Å². The van der Waals surface area contributed by atoms with Gasteiger partial charge in [0.2, 0.25) is 0 Å². The number of rotatable bonds is 3. The lowest BCUT2D eigenvalue weighted by Gasteiger charge is -2.06. The van der Waals surface area contributed by atoms with Crippen molar-refractivity contribution in [3.63, 3.8) is 0 Å². The molecule has 1 aromatic carbocycles. The van der Waals surface area contributed by atoms with E-state index in [0.717, 1.165) is 16.1 Å². The molecular weight excluding hydrogens is 270 g/mol. The van der Waals surface area contributed by atoms with Gasteiger partial charge in [-0.15, -0.1) is 11.3 Å². The molecule has 4 nitrogen and oxygen atoms in total. The van der Waals surface area contributed by atoms with Crippen molar-refractivity contribution in [1.82, 2.24) is 10.3 Å². The van der Waals surface area contributed by atoms with E-state index in [0.29, 0.717) is 18.0 Å². The summed E-state index contributed by atoms with van der Waals surface area (Å²) in [5.41, 5.74) is 7.24. The van der Waals surface area contributed by atoms with Crippen LogP contribution in [0.3, 0.4) is 0 Å². The van der Waals surface area contributed by atoms with Crippen molar-refractivity contribution >= 4 is 17.2 Å². The summed E-state index contributed by atoms with van der Waals surface area (Å²) >= 11 is 1.38. The van der Waals surface area contributed by atoms with Crippen LogP contribution < -0.4 is 11.1 Å². The van der Waals surface area contributed by atoms with Gasteiger partial charge in [-0.05, 0) is 18.6 Å². The average Bonchev–Trinajstić information content (AvgIpc) is 2.90. The normalized spacial score (nSPS) is 9.70. The summed E-state index contributed by atoms with van der Waals surface area (Å²) < 4.78 is 0. The highest BCUT2D eigenvalue weighted by Crippen LogP contribution is 2.12. The molecule has 0 fully saturated rings. The molecule has 0 aliphatic rings. The Hall–Kier alpha value is -2.16. The molecule has 2 rings (SSSR count). The molecule has 0 unspecified atom stereocenters. The Balaban J connectivity index is 2.06. The lowest BCUT2D eigenvalue weighted by atomic mass is 10.1. The number of hydrogen-bond donors (Lipinski definition) is 2. The van der Waals surface area contributed by atoms with Crippen molar-refractivity contribution in [1.29, 1.82) is 0 Å². The number of carbonyl (C=O) groups is 1. The van der Waals surface area contributed by atoms with Crippen LogP contribution in [0.5, 0.6) is 0 Å². The van der Waals surface area contributed by atoms with Gasteiger partial charge in [0.25, 0.3) is 5.91 Å². The van der Waals surface area contributed by atoms with Crippen molar-refractivity contribution in [2.75, 3.05) is 6.54 Å². The third kappa shape index (κ3) is 3.67. The Bertz CT molecular complexity index is 667. The molecule has 0 radical (unpaired) electrons. The SMILES string of the molecule is Cc1ncc(C(=O)NCc2ccccc2C#CCN)s1. The smallest absolute Gasteiger partial charge is 0.263 e. The maximum Gasteiger partial charge on any atom is 0.263 e. The number of benzene rings is 1. The predicted octanol–water partition coefficient (Wildman–Crippen LogP) is 1.69. The van der Waals surface area contributed by atoms with E-state index < -0.39 is 0 Å². The molecule has 1 heterocycles. The van der Waals surface area contributed by atoms with Crippen LogP contribution in [0.4, 0.5) is 0 Å². The van der Waals surface area contributed by atoms with Crippen molar-refractivity contribution in [3.8, 4) is 11.8 Å². The number of nitrogens with zero attached hydrogens (tertiary/aromatic N) is 1. The van der Waals surface area contributed by atoms with Gasteiger partial charge >= 0.3 is 0 Å². The lowest BCUT2D eigenvalue weighted by Crippen LogP contribution is -2.22. The molecule has 0 saturated carbocycles. The first-order valence-corrected chi connectivity index (χ1v) is 7.00. The third-order valence-electron chi connectivity index (χ3n) is 2.63. The summed E-state index contributed by atoms with van der Waals surface area (Å²) in [5.74, 6) is 5.72. The van der Waals surface area contributed by atoms with Gasteiger partial charge in [-0.3, -0.25) is 4.79 Å². The van der Waals surface area contributed by atoms with Crippen LogP contribution in [-0.2, 0) is 6.54 Å². The van der Waals surface area contributed by atoms with Gasteiger partial charge in [0.15, 0.2) is 0 Å². The van der Waals surface area contributed by atoms with Crippen LogP contribution >= 0.6 is 11.3 Å². The zero-order chi connectivity index (χ0) is 14.4. The number of hydrogen-bond acceptors (Lipinski definition) is 4. The fraction of sp³-hybridized carbons (Fsp3) is 0.200. The number of nitrogens with two attached hydrogens (primary N) is 1. The number of nitrogens with one attached hydrogen (secondary N) is 1. The molecule has 0 saturated heterocycles. The average molecular weight is 285 g/mol. The second-order valence-corrected chi connectivity index (χ2v) is 5.32. The van der Waals surface area contributed by atoms with Crippen molar-refractivity contribution in [2.24, 2.45) is 5.73 Å². The summed E-state index contributed by atoms with van der Waals surface area (Å²) in [6.45, 7) is 2.63. The minimum Gasteiger partial charge on any atom is -0.347 e. The predicted molar refractivity (Wildman–Crippen MR) is 80.4 cm³/mol. The molecule has 20 heavy (non-hydrogen) atoms. The van der Waals surface area contributed by atoms with Crippen LogP contribution in [0.2, 0.25) is 0 Å². The first-order chi connectivity index (χ1) is 9.70. The van der Waals surface area contributed by atoms with Gasteiger partial charge in [-0.25, -0.2) is 4.98 Å². The fourth-order valence-corrected chi connectivity index (χ4v) is 2.37. The summed E-state index contributed by atoms with van der Waals surface area (Å²) in [7, 11) is 0. The Morgan fingerprint density at radius 1 is 1.45 bits per heavy atom. The van der Waals surface area contributed by atoms with Gasteiger partial charge in [0, 0.05) is 12.1 Å². The third-order valence-corrected chi connectivity index (χ3v) is 3.54. The molecule has 1 aromatic heterocycles. The number of amides is 1. The standard InChI is InChI=1S/C15H15N3OS/c1-11-17-10-14(20-11)15(19)18-9-13-6-3-2-5-12(13)7-4-8-16/h2-3,5-6,10H,8-9,16H2,1H3,(H,18,19). The van der Waals surface area contributed by atoms with E-state index in [1.54, 1.807) is 6.20 Å². The molecule has 102 valence electrons. The fourth-order valence-electron chi connectivity index (χ4n) is 1.67. The number of aromatic nitrogens is 1. The maximum absolute atomic E-state index is 12.0. The molecule has 0 aliphatic carbocycles. The monoisotopic (exact) mass is 285 g/mol. The molecule has 3 N–H and O–H groups in total. The molecule has 0 spiro atoms. The van der Waals surface area contributed by atoms with Crippen molar-refractivity contribution in [3.05, 3.63) is 51.5 Å².